The van der Waals surface area contributed by atoms with Crippen LogP contribution in [-0.2, 0) is 4.79 Å². The molecule has 0 heterocycles. The highest BCUT2D eigenvalue weighted by molar-refractivity contribution is 5.83. The van der Waals surface area contributed by atoms with Crippen LogP contribution >= 0.6 is 0 Å². The van der Waals surface area contributed by atoms with Crippen molar-refractivity contribution >= 4 is 5.91 Å². The van der Waals surface area contributed by atoms with Crippen molar-refractivity contribution in [1.29, 1.82) is 0 Å². The Hall–Kier alpha value is -0.610. The zero-order chi connectivity index (χ0) is 16.0. The van der Waals surface area contributed by atoms with Crippen molar-refractivity contribution in [3.63, 3.8) is 0 Å². The quantitative estimate of drug-likeness (QED) is 0.783. The molecular weight excluding hydrogens is 262 g/mol. The van der Waals surface area contributed by atoms with Crippen LogP contribution in [0.3, 0.4) is 0 Å². The lowest BCUT2D eigenvalue weighted by Crippen LogP contribution is -2.52. The first-order valence-corrected chi connectivity index (χ1v) is 8.45. The maximum atomic E-state index is 13.1. The number of nitrogens with zero attached hydrogens (tertiary/aromatic N) is 2. The van der Waals surface area contributed by atoms with Gasteiger partial charge in [-0.3, -0.25) is 4.79 Å². The third-order valence-corrected chi connectivity index (χ3v) is 4.77. The lowest BCUT2D eigenvalue weighted by molar-refractivity contribution is -0.144. The Balaban J connectivity index is 2.80. The van der Waals surface area contributed by atoms with E-state index in [1.54, 1.807) is 0 Å². The summed E-state index contributed by atoms with van der Waals surface area (Å²) < 4.78 is 0. The minimum Gasteiger partial charge on any atom is -0.341 e. The third-order valence-electron chi connectivity index (χ3n) is 4.77. The lowest BCUT2D eigenvalue weighted by atomic mass is 9.70. The smallest absolute Gasteiger partial charge is 0.230 e. The standard InChI is InChI=1S/C17H35N3O/c1-14(2)12-20(11-10-19(4)5)16(21)17(13-18)8-6-15(3)7-9-17/h14-15H,6-13,18H2,1-5H3. The van der Waals surface area contributed by atoms with Crippen molar-refractivity contribution in [1.82, 2.24) is 9.80 Å². The van der Waals surface area contributed by atoms with E-state index in [2.05, 4.69) is 44.7 Å². The molecule has 0 unspecified atom stereocenters. The molecule has 1 fully saturated rings. The van der Waals surface area contributed by atoms with Crippen LogP contribution in [0.2, 0.25) is 0 Å². The van der Waals surface area contributed by atoms with E-state index in [4.69, 9.17) is 5.73 Å². The molecule has 2 N–H and O–H groups in total. The van der Waals surface area contributed by atoms with Gasteiger partial charge in [-0.25, -0.2) is 0 Å². The summed E-state index contributed by atoms with van der Waals surface area (Å²) in [4.78, 5) is 17.3. The molecule has 0 atom stereocenters. The number of likely N-dealkylation sites (N-methyl/N-ethyl adjacent to an activating group) is 1. The number of hydrogen-bond donors (Lipinski definition) is 1. The number of amides is 1. The largest absolute Gasteiger partial charge is 0.341 e. The Morgan fingerprint density at radius 2 is 1.81 bits per heavy atom. The summed E-state index contributed by atoms with van der Waals surface area (Å²) in [5.41, 5.74) is 5.75. The Bertz CT molecular complexity index is 320. The van der Waals surface area contributed by atoms with Crippen molar-refractivity contribution in [2.75, 3.05) is 40.3 Å². The van der Waals surface area contributed by atoms with E-state index < -0.39 is 0 Å². The summed E-state index contributed by atoms with van der Waals surface area (Å²) in [5, 5.41) is 0. The molecule has 0 aromatic carbocycles. The highest BCUT2D eigenvalue weighted by atomic mass is 16.2. The van der Waals surface area contributed by atoms with E-state index in [0.29, 0.717) is 18.4 Å². The summed E-state index contributed by atoms with van der Waals surface area (Å²) in [6.45, 7) is 9.68. The molecule has 0 aliphatic heterocycles. The second kappa shape index (κ2) is 8.14. The topological polar surface area (TPSA) is 49.6 Å². The molecule has 1 aliphatic carbocycles. The maximum Gasteiger partial charge on any atom is 0.230 e. The molecule has 0 radical (unpaired) electrons. The molecule has 0 bridgehead atoms. The predicted octanol–water partition coefficient (Wildman–Crippen LogP) is 2.19. The Morgan fingerprint density at radius 3 is 2.24 bits per heavy atom. The summed E-state index contributed by atoms with van der Waals surface area (Å²) in [7, 11) is 4.11. The van der Waals surface area contributed by atoms with E-state index in [1.807, 2.05) is 0 Å². The fraction of sp³-hybridized carbons (Fsp3) is 0.941. The van der Waals surface area contributed by atoms with Gasteiger partial charge in [-0.05, 0) is 51.6 Å². The van der Waals surface area contributed by atoms with Crippen molar-refractivity contribution in [3.05, 3.63) is 0 Å². The normalized spacial score (nSPS) is 26.4. The molecule has 1 aliphatic rings. The van der Waals surface area contributed by atoms with Gasteiger partial charge in [0.1, 0.15) is 0 Å². The van der Waals surface area contributed by atoms with Crippen LogP contribution < -0.4 is 5.73 Å². The average Bonchev–Trinajstić information content (AvgIpc) is 2.43. The zero-order valence-corrected chi connectivity index (χ0v) is 14.7. The highest BCUT2D eigenvalue weighted by Crippen LogP contribution is 2.39. The fourth-order valence-corrected chi connectivity index (χ4v) is 3.19. The fourth-order valence-electron chi connectivity index (χ4n) is 3.19. The SMILES string of the molecule is CC(C)CN(CCN(C)C)C(=O)C1(CN)CCC(C)CC1. The molecule has 1 amide bonds. The number of carbonyl (C=O) groups excluding carboxylic acids is 1. The van der Waals surface area contributed by atoms with Crippen LogP contribution in [0.4, 0.5) is 0 Å². The minimum absolute atomic E-state index is 0.298. The molecule has 0 aromatic heterocycles. The van der Waals surface area contributed by atoms with Crippen LogP contribution in [-0.4, -0.2) is 56.0 Å². The minimum atomic E-state index is -0.298. The van der Waals surface area contributed by atoms with Crippen LogP contribution in [0.25, 0.3) is 0 Å². The molecular formula is C17H35N3O. The van der Waals surface area contributed by atoms with Crippen LogP contribution in [0.1, 0.15) is 46.5 Å². The van der Waals surface area contributed by atoms with Gasteiger partial charge in [-0.15, -0.1) is 0 Å². The molecule has 1 rings (SSSR count). The predicted molar refractivity (Wildman–Crippen MR) is 89.1 cm³/mol. The molecule has 1 saturated carbocycles. The Kier molecular flexibility index (Phi) is 7.14. The van der Waals surface area contributed by atoms with E-state index in [9.17, 15) is 4.79 Å². The van der Waals surface area contributed by atoms with E-state index in [-0.39, 0.29) is 5.41 Å². The van der Waals surface area contributed by atoms with Gasteiger partial charge in [-0.1, -0.05) is 20.8 Å². The van der Waals surface area contributed by atoms with Gasteiger partial charge in [0.25, 0.3) is 0 Å². The average molecular weight is 297 g/mol. The lowest BCUT2D eigenvalue weighted by Gasteiger charge is -2.41. The summed E-state index contributed by atoms with van der Waals surface area (Å²) >= 11 is 0. The maximum absolute atomic E-state index is 13.1. The van der Waals surface area contributed by atoms with Crippen molar-refractivity contribution < 1.29 is 4.79 Å². The van der Waals surface area contributed by atoms with E-state index in [0.717, 1.165) is 51.2 Å². The summed E-state index contributed by atoms with van der Waals surface area (Å²) in [6.07, 6.45) is 4.18. The molecule has 0 saturated heterocycles. The van der Waals surface area contributed by atoms with E-state index >= 15 is 0 Å². The van der Waals surface area contributed by atoms with Crippen LogP contribution in [0, 0.1) is 17.3 Å². The summed E-state index contributed by atoms with van der Waals surface area (Å²) in [6, 6.07) is 0. The van der Waals surface area contributed by atoms with Crippen molar-refractivity contribution in [3.8, 4) is 0 Å². The van der Waals surface area contributed by atoms with Crippen molar-refractivity contribution in [2.24, 2.45) is 23.0 Å². The van der Waals surface area contributed by atoms with Gasteiger partial charge in [-0.2, -0.15) is 0 Å². The molecule has 0 spiro atoms. The Morgan fingerprint density at radius 1 is 1.24 bits per heavy atom. The second-order valence-electron chi connectivity index (χ2n) is 7.62. The molecule has 4 nitrogen and oxygen atoms in total. The first kappa shape index (κ1) is 18.4. The van der Waals surface area contributed by atoms with Gasteiger partial charge in [0.05, 0.1) is 5.41 Å². The molecule has 21 heavy (non-hydrogen) atoms. The Labute approximate surface area is 131 Å². The van der Waals surface area contributed by atoms with Crippen LogP contribution in [0.5, 0.6) is 0 Å². The third kappa shape index (κ3) is 5.26. The van der Waals surface area contributed by atoms with Crippen molar-refractivity contribution in [2.45, 2.75) is 46.5 Å². The second-order valence-corrected chi connectivity index (χ2v) is 7.62. The molecule has 0 aromatic rings. The van der Waals surface area contributed by atoms with Crippen LogP contribution in [0.15, 0.2) is 0 Å². The number of rotatable bonds is 7. The monoisotopic (exact) mass is 297 g/mol. The number of nitrogens with two attached hydrogens (primary N) is 1. The first-order valence-electron chi connectivity index (χ1n) is 8.45. The highest BCUT2D eigenvalue weighted by Gasteiger charge is 2.42. The van der Waals surface area contributed by atoms with Gasteiger partial charge in [0.2, 0.25) is 5.91 Å². The van der Waals surface area contributed by atoms with Gasteiger partial charge in [0.15, 0.2) is 0 Å². The molecule has 124 valence electrons. The van der Waals surface area contributed by atoms with E-state index in [1.165, 1.54) is 0 Å². The zero-order valence-electron chi connectivity index (χ0n) is 14.7. The van der Waals surface area contributed by atoms with Gasteiger partial charge < -0.3 is 15.5 Å². The number of hydrogen-bond acceptors (Lipinski definition) is 3. The summed E-state index contributed by atoms with van der Waals surface area (Å²) in [5.74, 6) is 1.53. The van der Waals surface area contributed by atoms with Gasteiger partial charge in [0, 0.05) is 26.2 Å². The molecule has 4 heteroatoms. The number of carbonyl (C=O) groups is 1. The first-order chi connectivity index (χ1) is 9.80. The van der Waals surface area contributed by atoms with Gasteiger partial charge >= 0.3 is 0 Å².